The van der Waals surface area contributed by atoms with E-state index in [1.54, 1.807) is 0 Å². The van der Waals surface area contributed by atoms with Gasteiger partial charge in [0.25, 0.3) is 0 Å². The number of aromatic nitrogens is 2. The second kappa shape index (κ2) is 11.9. The first-order valence-corrected chi connectivity index (χ1v) is 16.4. The zero-order valence-corrected chi connectivity index (χ0v) is 24.3. The van der Waals surface area contributed by atoms with E-state index in [-0.39, 0.29) is 11.8 Å². The summed E-state index contributed by atoms with van der Waals surface area (Å²) in [5.74, 6) is -0.905. The van der Waals surface area contributed by atoms with E-state index in [0.717, 1.165) is 64.5 Å². The molecule has 0 aliphatic carbocycles. The number of rotatable bonds is 8. The summed E-state index contributed by atoms with van der Waals surface area (Å²) in [4.78, 5) is 9.73. The van der Waals surface area contributed by atoms with Gasteiger partial charge in [-0.05, 0) is 82.0 Å². The molecule has 1 atom stereocenters. The Morgan fingerprint density at radius 2 is 1.64 bits per heavy atom. The minimum absolute atomic E-state index is 0.000736. The Labute approximate surface area is 232 Å². The van der Waals surface area contributed by atoms with Crippen LogP contribution in [-0.4, -0.2) is 83.6 Å². The summed E-state index contributed by atoms with van der Waals surface area (Å²) in [6, 6.07) is 4.85. The lowest BCUT2D eigenvalue weighted by molar-refractivity contribution is 0.163. The molecular formula is C29H43F2N5O2S. The van der Waals surface area contributed by atoms with Crippen molar-refractivity contribution in [1.82, 2.24) is 23.7 Å². The summed E-state index contributed by atoms with van der Waals surface area (Å²) in [6.07, 6.45) is 8.71. The van der Waals surface area contributed by atoms with Crippen molar-refractivity contribution in [3.63, 3.8) is 0 Å². The molecule has 0 unspecified atom stereocenters. The van der Waals surface area contributed by atoms with Gasteiger partial charge in [0, 0.05) is 69.5 Å². The van der Waals surface area contributed by atoms with Crippen LogP contribution in [0.5, 0.6) is 0 Å². The molecule has 4 heterocycles. The van der Waals surface area contributed by atoms with Gasteiger partial charge in [-0.25, -0.2) is 26.5 Å². The van der Waals surface area contributed by atoms with Crippen molar-refractivity contribution >= 4 is 10.0 Å². The molecule has 0 saturated carbocycles. The van der Waals surface area contributed by atoms with E-state index in [9.17, 15) is 17.2 Å². The average molecular weight is 564 g/mol. The van der Waals surface area contributed by atoms with Gasteiger partial charge >= 0.3 is 0 Å². The number of fused-ring (bicyclic) bond motifs is 1. The SMILES string of the molecule is CC(C)N1CCc2c(ncn2C2CCN(CC[C@@H](c3cc(F)cc(F)c3)C3CCN(S(C)(=O)=O)CC3)CC2)C1. The Balaban J connectivity index is 1.20. The van der Waals surface area contributed by atoms with Crippen LogP contribution in [0.25, 0.3) is 0 Å². The summed E-state index contributed by atoms with van der Waals surface area (Å²) >= 11 is 0. The molecule has 3 aliphatic rings. The molecule has 216 valence electrons. The standard InChI is InChI=1S/C29H43F2N5O2S/c1-21(2)34-13-9-29-28(19-34)32-20-36(29)26-6-10-33(11-7-26)12-8-27(23-16-24(30)18-25(31)17-23)22-4-14-35(15-5-22)39(3,37)38/h16-18,20-22,26-27H,4-15,19H2,1-3H3/t27-/m1/s1. The van der Waals surface area contributed by atoms with Gasteiger partial charge in [-0.1, -0.05) is 0 Å². The van der Waals surface area contributed by atoms with Crippen molar-refractivity contribution in [2.45, 2.75) is 76.9 Å². The quantitative estimate of drug-likeness (QED) is 0.476. The molecule has 10 heteroatoms. The zero-order valence-electron chi connectivity index (χ0n) is 23.5. The van der Waals surface area contributed by atoms with Crippen LogP contribution in [0.3, 0.4) is 0 Å². The van der Waals surface area contributed by atoms with Crippen LogP contribution in [-0.2, 0) is 23.0 Å². The van der Waals surface area contributed by atoms with E-state index in [1.165, 1.54) is 34.1 Å². The Morgan fingerprint density at radius 3 is 2.26 bits per heavy atom. The molecule has 0 bridgehead atoms. The molecule has 0 radical (unpaired) electrons. The van der Waals surface area contributed by atoms with Gasteiger partial charge in [0.05, 0.1) is 18.3 Å². The highest BCUT2D eigenvalue weighted by Crippen LogP contribution is 2.37. The van der Waals surface area contributed by atoms with E-state index >= 15 is 0 Å². The van der Waals surface area contributed by atoms with E-state index in [0.29, 0.717) is 43.6 Å². The van der Waals surface area contributed by atoms with Crippen LogP contribution in [0.15, 0.2) is 24.5 Å². The van der Waals surface area contributed by atoms with Gasteiger partial charge in [-0.15, -0.1) is 0 Å². The van der Waals surface area contributed by atoms with Gasteiger partial charge in [0.15, 0.2) is 0 Å². The van der Waals surface area contributed by atoms with Crippen LogP contribution in [0, 0.1) is 17.6 Å². The molecule has 0 N–H and O–H groups in total. The molecule has 39 heavy (non-hydrogen) atoms. The third-order valence-electron chi connectivity index (χ3n) is 9.26. The first-order valence-electron chi connectivity index (χ1n) is 14.5. The highest BCUT2D eigenvalue weighted by Gasteiger charge is 2.32. The highest BCUT2D eigenvalue weighted by atomic mass is 32.2. The largest absolute Gasteiger partial charge is 0.331 e. The smallest absolute Gasteiger partial charge is 0.211 e. The summed E-state index contributed by atoms with van der Waals surface area (Å²) < 4.78 is 56.3. The van der Waals surface area contributed by atoms with Crippen LogP contribution in [0.2, 0.25) is 0 Å². The summed E-state index contributed by atoms with van der Waals surface area (Å²) in [7, 11) is -3.22. The van der Waals surface area contributed by atoms with Crippen molar-refractivity contribution in [2.24, 2.45) is 5.92 Å². The Kier molecular flexibility index (Phi) is 8.76. The maximum Gasteiger partial charge on any atom is 0.211 e. The van der Waals surface area contributed by atoms with Crippen molar-refractivity contribution in [3.8, 4) is 0 Å². The van der Waals surface area contributed by atoms with Crippen LogP contribution >= 0.6 is 0 Å². The number of nitrogens with zero attached hydrogens (tertiary/aromatic N) is 5. The van der Waals surface area contributed by atoms with Gasteiger partial charge in [-0.3, -0.25) is 4.90 Å². The number of benzene rings is 1. The summed E-state index contributed by atoms with van der Waals surface area (Å²) in [5, 5.41) is 0. The second-order valence-electron chi connectivity index (χ2n) is 12.0. The minimum atomic E-state index is -3.22. The molecule has 2 aromatic rings. The molecule has 0 amide bonds. The van der Waals surface area contributed by atoms with Gasteiger partial charge < -0.3 is 9.47 Å². The van der Waals surface area contributed by atoms with E-state index in [2.05, 4.69) is 28.2 Å². The number of imidazole rings is 1. The monoisotopic (exact) mass is 563 g/mol. The Morgan fingerprint density at radius 1 is 0.974 bits per heavy atom. The third-order valence-corrected chi connectivity index (χ3v) is 10.6. The number of sulfonamides is 1. The van der Waals surface area contributed by atoms with Crippen molar-refractivity contribution in [1.29, 1.82) is 0 Å². The first-order chi connectivity index (χ1) is 18.6. The molecular weight excluding hydrogens is 520 g/mol. The summed E-state index contributed by atoms with van der Waals surface area (Å²) in [6.45, 7) is 10.3. The van der Waals surface area contributed by atoms with Crippen LogP contribution in [0.1, 0.15) is 74.9 Å². The van der Waals surface area contributed by atoms with E-state index < -0.39 is 21.7 Å². The lowest BCUT2D eigenvalue weighted by Gasteiger charge is -2.38. The number of hydrogen-bond donors (Lipinski definition) is 0. The minimum Gasteiger partial charge on any atom is -0.331 e. The molecule has 7 nitrogen and oxygen atoms in total. The maximum atomic E-state index is 14.2. The Bertz CT molecular complexity index is 1210. The highest BCUT2D eigenvalue weighted by molar-refractivity contribution is 7.88. The predicted molar refractivity (Wildman–Crippen MR) is 149 cm³/mol. The zero-order chi connectivity index (χ0) is 27.7. The van der Waals surface area contributed by atoms with E-state index in [1.807, 2.05) is 6.33 Å². The second-order valence-corrected chi connectivity index (χ2v) is 14.0. The topological polar surface area (TPSA) is 61.7 Å². The van der Waals surface area contributed by atoms with Gasteiger partial charge in [0.1, 0.15) is 11.6 Å². The molecule has 1 aromatic carbocycles. The van der Waals surface area contributed by atoms with Crippen molar-refractivity contribution in [2.75, 3.05) is 45.5 Å². The third kappa shape index (κ3) is 6.72. The summed E-state index contributed by atoms with van der Waals surface area (Å²) in [5.41, 5.74) is 3.32. The molecule has 3 aliphatic heterocycles. The molecule has 0 spiro atoms. The van der Waals surface area contributed by atoms with Crippen molar-refractivity contribution in [3.05, 3.63) is 53.1 Å². The molecule has 2 fully saturated rings. The normalized spacial score (nSPS) is 21.9. The van der Waals surface area contributed by atoms with Crippen LogP contribution < -0.4 is 0 Å². The van der Waals surface area contributed by atoms with Gasteiger partial charge in [-0.2, -0.15) is 0 Å². The van der Waals surface area contributed by atoms with Gasteiger partial charge in [0.2, 0.25) is 10.0 Å². The number of piperidine rings is 2. The number of likely N-dealkylation sites (tertiary alicyclic amines) is 1. The lowest BCUT2D eigenvalue weighted by atomic mass is 9.78. The predicted octanol–water partition coefficient (Wildman–Crippen LogP) is 4.41. The average Bonchev–Trinajstić information content (AvgIpc) is 3.32. The molecule has 1 aromatic heterocycles. The van der Waals surface area contributed by atoms with E-state index in [4.69, 9.17) is 4.98 Å². The Hall–Kier alpha value is -1.88. The maximum absolute atomic E-state index is 14.2. The van der Waals surface area contributed by atoms with Crippen LogP contribution in [0.4, 0.5) is 8.78 Å². The molecule has 2 saturated heterocycles. The fraction of sp³-hybridized carbons (Fsp3) is 0.690. The fourth-order valence-electron chi connectivity index (χ4n) is 6.92. The number of hydrogen-bond acceptors (Lipinski definition) is 5. The number of halogens is 2. The molecule has 5 rings (SSSR count). The lowest BCUT2D eigenvalue weighted by Crippen LogP contribution is -2.40. The fourth-order valence-corrected chi connectivity index (χ4v) is 7.80. The van der Waals surface area contributed by atoms with Crippen molar-refractivity contribution < 1.29 is 17.2 Å². The first kappa shape index (κ1) is 28.6.